The van der Waals surface area contributed by atoms with Gasteiger partial charge in [-0.25, -0.2) is 5.06 Å². The zero-order valence-electron chi connectivity index (χ0n) is 13.0. The molecule has 0 bridgehead atoms. The van der Waals surface area contributed by atoms with Gasteiger partial charge in [0.25, 0.3) is 5.91 Å². The number of halogens is 1. The number of benzene rings is 1. The molecule has 0 unspecified atom stereocenters. The molecule has 1 saturated heterocycles. The number of hydrogen-bond acceptors (Lipinski definition) is 4. The lowest BCUT2D eigenvalue weighted by Gasteiger charge is -2.18. The lowest BCUT2D eigenvalue weighted by molar-refractivity contribution is -0.165. The number of phenolic OH excluding ortho intramolecular Hbond substituents is 1. The second-order valence-electron chi connectivity index (χ2n) is 6.16. The Morgan fingerprint density at radius 3 is 2.77 bits per heavy atom. The van der Waals surface area contributed by atoms with E-state index in [4.69, 9.17) is 21.2 Å². The summed E-state index contributed by atoms with van der Waals surface area (Å²) in [5.74, 6) is 0.151. The molecule has 1 fully saturated rings. The van der Waals surface area contributed by atoms with E-state index in [0.29, 0.717) is 29.5 Å². The van der Waals surface area contributed by atoms with Gasteiger partial charge in [0, 0.05) is 11.1 Å². The number of carbonyl (C=O) groups excluding carboxylic acids is 1. The van der Waals surface area contributed by atoms with Gasteiger partial charge in [-0.2, -0.15) is 0 Å². The largest absolute Gasteiger partial charge is 0.504 e. The third-order valence-electron chi connectivity index (χ3n) is 3.30. The highest BCUT2D eigenvalue weighted by Gasteiger charge is 2.40. The molecule has 0 spiro atoms. The fourth-order valence-electron chi connectivity index (χ4n) is 1.99. The van der Waals surface area contributed by atoms with E-state index in [2.05, 4.69) is 6.58 Å². The average molecular weight is 326 g/mol. The van der Waals surface area contributed by atoms with Crippen LogP contribution in [0.5, 0.6) is 11.5 Å². The van der Waals surface area contributed by atoms with Crippen molar-refractivity contribution in [3.05, 3.63) is 34.9 Å². The molecule has 1 aromatic rings. The minimum atomic E-state index is -0.539. The van der Waals surface area contributed by atoms with Crippen LogP contribution in [-0.4, -0.2) is 29.3 Å². The van der Waals surface area contributed by atoms with Gasteiger partial charge in [-0.3, -0.25) is 9.63 Å². The van der Waals surface area contributed by atoms with E-state index < -0.39 is 5.41 Å². The molecule has 1 heterocycles. The minimum absolute atomic E-state index is 0.0519. The molecule has 1 aromatic carbocycles. The maximum absolute atomic E-state index is 12.2. The van der Waals surface area contributed by atoms with Gasteiger partial charge in [0.05, 0.1) is 18.6 Å². The van der Waals surface area contributed by atoms with Crippen molar-refractivity contribution in [1.82, 2.24) is 5.06 Å². The third kappa shape index (κ3) is 3.54. The number of aromatic hydroxyl groups is 1. The van der Waals surface area contributed by atoms with Crippen molar-refractivity contribution < 1.29 is 19.5 Å². The molecule has 0 saturated carbocycles. The van der Waals surface area contributed by atoms with Crippen LogP contribution < -0.4 is 4.74 Å². The number of phenols is 1. The SMILES string of the molecule is C=C(C)COc1cc(CN2OCC(C)(C)C2=O)c(Cl)cc1O. The van der Waals surface area contributed by atoms with Gasteiger partial charge in [0.2, 0.25) is 0 Å². The smallest absolute Gasteiger partial charge is 0.254 e. The first-order valence-electron chi connectivity index (χ1n) is 6.94. The standard InChI is InChI=1S/C16H20ClNO4/c1-10(2)8-21-14-5-11(12(17)6-13(14)19)7-18-15(20)16(3,4)9-22-18/h5-6,19H,1,7-9H2,2-4H3. The van der Waals surface area contributed by atoms with Gasteiger partial charge in [0.1, 0.15) is 6.61 Å². The molecule has 22 heavy (non-hydrogen) atoms. The predicted molar refractivity (Wildman–Crippen MR) is 83.7 cm³/mol. The van der Waals surface area contributed by atoms with Gasteiger partial charge < -0.3 is 9.84 Å². The number of ether oxygens (including phenoxy) is 1. The Morgan fingerprint density at radius 1 is 1.55 bits per heavy atom. The predicted octanol–water partition coefficient (Wildman–Crippen LogP) is 3.30. The summed E-state index contributed by atoms with van der Waals surface area (Å²) in [6, 6.07) is 3.01. The van der Waals surface area contributed by atoms with Crippen LogP contribution in [0, 0.1) is 5.41 Å². The van der Waals surface area contributed by atoms with E-state index in [1.807, 2.05) is 20.8 Å². The Balaban J connectivity index is 2.19. The Kier molecular flexibility index (Phi) is 4.68. The molecular weight excluding hydrogens is 306 g/mol. The normalized spacial score (nSPS) is 16.9. The highest BCUT2D eigenvalue weighted by atomic mass is 35.5. The number of hydrogen-bond donors (Lipinski definition) is 1. The summed E-state index contributed by atoms with van der Waals surface area (Å²) in [5.41, 5.74) is 0.931. The zero-order chi connectivity index (χ0) is 16.5. The molecule has 1 aliphatic heterocycles. The first-order valence-corrected chi connectivity index (χ1v) is 7.32. The fraction of sp³-hybridized carbons (Fsp3) is 0.438. The second kappa shape index (κ2) is 6.18. The van der Waals surface area contributed by atoms with Crippen LogP contribution in [0.2, 0.25) is 5.02 Å². The molecule has 0 aliphatic carbocycles. The van der Waals surface area contributed by atoms with E-state index in [0.717, 1.165) is 5.57 Å². The maximum Gasteiger partial charge on any atom is 0.254 e. The molecule has 0 radical (unpaired) electrons. The first kappa shape index (κ1) is 16.6. The van der Waals surface area contributed by atoms with E-state index in [1.54, 1.807) is 6.07 Å². The molecule has 1 N–H and O–H groups in total. The number of nitrogens with zero attached hydrogens (tertiary/aromatic N) is 1. The average Bonchev–Trinajstić information content (AvgIpc) is 2.67. The molecule has 5 nitrogen and oxygen atoms in total. The summed E-state index contributed by atoms with van der Waals surface area (Å²) in [7, 11) is 0. The molecule has 1 aliphatic rings. The Morgan fingerprint density at radius 2 is 2.23 bits per heavy atom. The lowest BCUT2D eigenvalue weighted by atomic mass is 9.95. The van der Waals surface area contributed by atoms with Crippen molar-refractivity contribution in [2.75, 3.05) is 13.2 Å². The van der Waals surface area contributed by atoms with E-state index in [-0.39, 0.29) is 18.2 Å². The number of carbonyl (C=O) groups is 1. The monoisotopic (exact) mass is 325 g/mol. The molecule has 120 valence electrons. The summed E-state index contributed by atoms with van der Waals surface area (Å²) in [4.78, 5) is 17.6. The van der Waals surface area contributed by atoms with Gasteiger partial charge in [-0.1, -0.05) is 18.2 Å². The number of rotatable bonds is 5. The van der Waals surface area contributed by atoms with Gasteiger partial charge in [0.15, 0.2) is 11.5 Å². The molecule has 1 amide bonds. The summed E-state index contributed by atoms with van der Waals surface area (Å²) in [6.07, 6.45) is 0. The lowest BCUT2D eigenvalue weighted by Crippen LogP contribution is -2.30. The topological polar surface area (TPSA) is 59.0 Å². The van der Waals surface area contributed by atoms with Crippen LogP contribution in [0.25, 0.3) is 0 Å². The van der Waals surface area contributed by atoms with Gasteiger partial charge in [-0.15, -0.1) is 0 Å². The summed E-state index contributed by atoms with van der Waals surface area (Å²) >= 11 is 6.13. The number of hydroxylamine groups is 2. The van der Waals surface area contributed by atoms with Crippen LogP contribution in [0.1, 0.15) is 26.3 Å². The highest BCUT2D eigenvalue weighted by Crippen LogP contribution is 2.35. The quantitative estimate of drug-likeness (QED) is 0.844. The Hall–Kier alpha value is -1.72. The van der Waals surface area contributed by atoms with E-state index in [9.17, 15) is 9.90 Å². The summed E-state index contributed by atoms with van der Waals surface area (Å²) < 4.78 is 5.47. The summed E-state index contributed by atoms with van der Waals surface area (Å²) in [5, 5.41) is 11.5. The van der Waals surface area contributed by atoms with Crippen LogP contribution >= 0.6 is 11.6 Å². The van der Waals surface area contributed by atoms with Crippen molar-refractivity contribution >= 4 is 17.5 Å². The summed E-state index contributed by atoms with van der Waals surface area (Å²) in [6.45, 7) is 10.1. The van der Waals surface area contributed by atoms with Crippen molar-refractivity contribution in [3.63, 3.8) is 0 Å². The van der Waals surface area contributed by atoms with Crippen molar-refractivity contribution in [1.29, 1.82) is 0 Å². The highest BCUT2D eigenvalue weighted by molar-refractivity contribution is 6.31. The van der Waals surface area contributed by atoms with Crippen LogP contribution in [0.3, 0.4) is 0 Å². The Labute approximate surface area is 135 Å². The first-order chi connectivity index (χ1) is 10.2. The molecule has 0 atom stereocenters. The molecular formula is C16H20ClNO4. The van der Waals surface area contributed by atoms with Crippen LogP contribution in [-0.2, 0) is 16.2 Å². The number of amides is 1. The van der Waals surface area contributed by atoms with Crippen molar-refractivity contribution in [2.24, 2.45) is 5.41 Å². The van der Waals surface area contributed by atoms with Crippen molar-refractivity contribution in [2.45, 2.75) is 27.3 Å². The third-order valence-corrected chi connectivity index (χ3v) is 3.65. The second-order valence-corrected chi connectivity index (χ2v) is 6.56. The van der Waals surface area contributed by atoms with Gasteiger partial charge >= 0.3 is 0 Å². The molecule has 6 heteroatoms. The molecule has 2 rings (SSSR count). The minimum Gasteiger partial charge on any atom is -0.504 e. The van der Waals surface area contributed by atoms with Crippen molar-refractivity contribution in [3.8, 4) is 11.5 Å². The molecule has 0 aromatic heterocycles. The van der Waals surface area contributed by atoms with E-state index >= 15 is 0 Å². The van der Waals surface area contributed by atoms with Crippen LogP contribution in [0.15, 0.2) is 24.3 Å². The zero-order valence-corrected chi connectivity index (χ0v) is 13.7. The maximum atomic E-state index is 12.2. The van der Waals surface area contributed by atoms with Gasteiger partial charge in [-0.05, 0) is 38.0 Å². The van der Waals surface area contributed by atoms with E-state index in [1.165, 1.54) is 11.1 Å². The van der Waals surface area contributed by atoms with Crippen LogP contribution in [0.4, 0.5) is 0 Å². The Bertz CT molecular complexity index is 612. The fourth-order valence-corrected chi connectivity index (χ4v) is 2.21.